The molecule has 0 amide bonds. The Hall–Kier alpha value is -0.860. The van der Waals surface area contributed by atoms with Gasteiger partial charge in [-0.3, -0.25) is 4.90 Å². The van der Waals surface area contributed by atoms with Crippen molar-refractivity contribution in [3.05, 3.63) is 34.3 Å². The van der Waals surface area contributed by atoms with Crippen LogP contribution in [0.4, 0.5) is 13.2 Å². The van der Waals surface area contributed by atoms with Crippen LogP contribution in [0.2, 0.25) is 5.02 Å². The van der Waals surface area contributed by atoms with Gasteiger partial charge in [-0.25, -0.2) is 0 Å². The fourth-order valence-corrected chi connectivity index (χ4v) is 4.14. The molecule has 0 radical (unpaired) electrons. The van der Waals surface area contributed by atoms with E-state index in [0.29, 0.717) is 37.9 Å². The molecule has 2 heterocycles. The van der Waals surface area contributed by atoms with Crippen LogP contribution in [-0.4, -0.2) is 55.5 Å². The highest BCUT2D eigenvalue weighted by molar-refractivity contribution is 6.31. The Morgan fingerprint density at radius 2 is 2.14 bits per heavy atom. The van der Waals surface area contributed by atoms with Gasteiger partial charge in [0.05, 0.1) is 29.9 Å². The first-order valence-corrected chi connectivity index (χ1v) is 10.1. The Balaban J connectivity index is 1.53. The average Bonchev–Trinajstić information content (AvgIpc) is 2.88. The third-order valence-corrected chi connectivity index (χ3v) is 5.81. The Labute approximate surface area is 169 Å². The van der Waals surface area contributed by atoms with Crippen LogP contribution in [0.15, 0.2) is 18.2 Å². The zero-order valence-electron chi connectivity index (χ0n) is 16.3. The first-order valence-electron chi connectivity index (χ1n) is 9.74. The monoisotopic (exact) mass is 420 g/mol. The molecule has 0 bridgehead atoms. The lowest BCUT2D eigenvalue weighted by atomic mass is 9.99. The van der Waals surface area contributed by atoms with Gasteiger partial charge >= 0.3 is 6.18 Å². The van der Waals surface area contributed by atoms with Gasteiger partial charge < -0.3 is 14.8 Å². The maximum absolute atomic E-state index is 13.0. The molecule has 1 aromatic carbocycles. The lowest BCUT2D eigenvalue weighted by Gasteiger charge is -2.34. The summed E-state index contributed by atoms with van der Waals surface area (Å²) in [7, 11) is 0. The fourth-order valence-electron chi connectivity index (χ4n) is 3.91. The Morgan fingerprint density at radius 3 is 2.86 bits per heavy atom. The van der Waals surface area contributed by atoms with Crippen molar-refractivity contribution >= 4 is 11.6 Å². The minimum absolute atomic E-state index is 0.0325. The Bertz CT molecular complexity index is 671. The quantitative estimate of drug-likeness (QED) is 0.777. The van der Waals surface area contributed by atoms with E-state index in [9.17, 15) is 13.2 Å². The van der Waals surface area contributed by atoms with E-state index in [0.717, 1.165) is 32.0 Å². The normalized spacial score (nSPS) is 26.9. The van der Waals surface area contributed by atoms with Crippen molar-refractivity contribution in [3.8, 4) is 0 Å². The molecule has 158 valence electrons. The first kappa shape index (κ1) is 21.8. The van der Waals surface area contributed by atoms with Crippen molar-refractivity contribution < 1.29 is 22.6 Å². The van der Waals surface area contributed by atoms with Crippen molar-refractivity contribution in [2.75, 3.05) is 32.8 Å². The molecule has 2 fully saturated rings. The van der Waals surface area contributed by atoms with Crippen molar-refractivity contribution in [1.82, 2.24) is 10.2 Å². The standard InChI is InChI=1S/C20H28ClF3N2O2/c1-14(2)26-7-8-27-13-19(12-26)6-5-16(28-19)11-25-10-15-3-4-18(21)17(9-15)20(22,23)24/h3-4,9,14,16,25H,5-8,10-13H2,1-2H3/t16-,19-/m0/s1. The minimum atomic E-state index is -4.45. The predicted molar refractivity (Wildman–Crippen MR) is 103 cm³/mol. The summed E-state index contributed by atoms with van der Waals surface area (Å²) in [5.74, 6) is 0. The molecule has 3 rings (SSSR count). The molecular weight excluding hydrogens is 393 g/mol. The Kier molecular flexibility index (Phi) is 6.92. The summed E-state index contributed by atoms with van der Waals surface area (Å²) in [5, 5.41) is 2.95. The van der Waals surface area contributed by atoms with Gasteiger partial charge in [0, 0.05) is 32.2 Å². The van der Waals surface area contributed by atoms with Crippen molar-refractivity contribution in [1.29, 1.82) is 0 Å². The number of ether oxygens (including phenoxy) is 2. The molecule has 8 heteroatoms. The number of hydrogen-bond donors (Lipinski definition) is 1. The van der Waals surface area contributed by atoms with Gasteiger partial charge in [-0.15, -0.1) is 0 Å². The van der Waals surface area contributed by atoms with Crippen LogP contribution in [0.5, 0.6) is 0 Å². The van der Waals surface area contributed by atoms with Gasteiger partial charge in [0.25, 0.3) is 0 Å². The maximum Gasteiger partial charge on any atom is 0.417 e. The number of nitrogens with one attached hydrogen (secondary N) is 1. The van der Waals surface area contributed by atoms with Crippen LogP contribution in [0.1, 0.15) is 37.8 Å². The van der Waals surface area contributed by atoms with Gasteiger partial charge in [-0.05, 0) is 44.4 Å². The third kappa shape index (κ3) is 5.39. The largest absolute Gasteiger partial charge is 0.417 e. The maximum atomic E-state index is 13.0. The molecule has 1 aromatic rings. The molecule has 1 spiro atoms. The average molecular weight is 421 g/mol. The minimum Gasteiger partial charge on any atom is -0.377 e. The van der Waals surface area contributed by atoms with Crippen molar-refractivity contribution in [3.63, 3.8) is 0 Å². The van der Waals surface area contributed by atoms with Crippen LogP contribution in [0.25, 0.3) is 0 Å². The molecule has 28 heavy (non-hydrogen) atoms. The van der Waals surface area contributed by atoms with E-state index in [-0.39, 0.29) is 16.7 Å². The summed E-state index contributed by atoms with van der Waals surface area (Å²) in [4.78, 5) is 2.38. The third-order valence-electron chi connectivity index (χ3n) is 5.49. The fraction of sp³-hybridized carbons (Fsp3) is 0.700. The van der Waals surface area contributed by atoms with E-state index in [1.165, 1.54) is 6.07 Å². The van der Waals surface area contributed by atoms with Gasteiger partial charge in [0.1, 0.15) is 5.60 Å². The Morgan fingerprint density at radius 1 is 1.36 bits per heavy atom. The number of rotatable bonds is 5. The van der Waals surface area contributed by atoms with E-state index in [1.54, 1.807) is 6.07 Å². The molecule has 1 N–H and O–H groups in total. The molecule has 0 saturated carbocycles. The van der Waals surface area contributed by atoms with Crippen LogP contribution >= 0.6 is 11.6 Å². The molecule has 2 atom stereocenters. The van der Waals surface area contributed by atoms with Crippen molar-refractivity contribution in [2.45, 2.75) is 57.2 Å². The van der Waals surface area contributed by atoms with Gasteiger partial charge in [-0.1, -0.05) is 17.7 Å². The summed E-state index contributed by atoms with van der Waals surface area (Å²) in [6.45, 7) is 8.35. The predicted octanol–water partition coefficient (Wildman–Crippen LogP) is 4.11. The lowest BCUT2D eigenvalue weighted by molar-refractivity contribution is -0.137. The zero-order chi connectivity index (χ0) is 20.4. The van der Waals surface area contributed by atoms with E-state index >= 15 is 0 Å². The van der Waals surface area contributed by atoms with Gasteiger partial charge in [-0.2, -0.15) is 13.2 Å². The lowest BCUT2D eigenvalue weighted by Crippen LogP contribution is -2.47. The first-order chi connectivity index (χ1) is 13.2. The summed E-state index contributed by atoms with van der Waals surface area (Å²) in [6.07, 6.45) is -2.57. The van der Waals surface area contributed by atoms with E-state index in [2.05, 4.69) is 24.1 Å². The van der Waals surface area contributed by atoms with E-state index in [4.69, 9.17) is 21.1 Å². The summed E-state index contributed by atoms with van der Waals surface area (Å²) >= 11 is 5.67. The summed E-state index contributed by atoms with van der Waals surface area (Å²) in [5.41, 5.74) is -0.529. The van der Waals surface area contributed by atoms with Gasteiger partial charge in [0.2, 0.25) is 0 Å². The number of nitrogens with zero attached hydrogens (tertiary/aromatic N) is 1. The topological polar surface area (TPSA) is 33.7 Å². The highest BCUT2D eigenvalue weighted by Gasteiger charge is 2.43. The van der Waals surface area contributed by atoms with E-state index < -0.39 is 11.7 Å². The van der Waals surface area contributed by atoms with Crippen molar-refractivity contribution in [2.24, 2.45) is 0 Å². The second kappa shape index (κ2) is 8.88. The SMILES string of the molecule is CC(C)N1CCOC[C@]2(CC[C@@H](CNCc3ccc(Cl)c(C(F)(F)F)c3)O2)C1. The highest BCUT2D eigenvalue weighted by Crippen LogP contribution is 2.35. The van der Waals surface area contributed by atoms with Gasteiger partial charge in [0.15, 0.2) is 0 Å². The highest BCUT2D eigenvalue weighted by atomic mass is 35.5. The molecule has 0 unspecified atom stereocenters. The van der Waals surface area contributed by atoms with E-state index in [1.807, 2.05) is 0 Å². The molecule has 4 nitrogen and oxygen atoms in total. The molecule has 2 aliphatic rings. The van der Waals surface area contributed by atoms with Crippen LogP contribution in [0, 0.1) is 0 Å². The molecule has 2 saturated heterocycles. The number of hydrogen-bond acceptors (Lipinski definition) is 4. The molecule has 2 aliphatic heterocycles. The second-order valence-corrected chi connectivity index (χ2v) is 8.43. The van der Waals surface area contributed by atoms with Crippen LogP contribution < -0.4 is 5.32 Å². The summed E-state index contributed by atoms with van der Waals surface area (Å²) < 4.78 is 51.1. The summed E-state index contributed by atoms with van der Waals surface area (Å²) in [6, 6.07) is 4.45. The number of alkyl halides is 3. The molecular formula is C20H28ClF3N2O2. The second-order valence-electron chi connectivity index (χ2n) is 8.02. The molecule has 0 aliphatic carbocycles. The zero-order valence-corrected chi connectivity index (χ0v) is 17.1. The smallest absolute Gasteiger partial charge is 0.377 e. The van der Waals surface area contributed by atoms with Crippen LogP contribution in [-0.2, 0) is 22.2 Å². The number of benzene rings is 1. The van der Waals surface area contributed by atoms with Crippen LogP contribution in [0.3, 0.4) is 0 Å². The molecule has 0 aromatic heterocycles. The number of halogens is 4.